The number of aliphatic hydroxyl groups excluding tert-OH is 1. The second kappa shape index (κ2) is 10.8. The molecule has 3 aromatic rings. The van der Waals surface area contributed by atoms with Crippen molar-refractivity contribution < 1.29 is 14.3 Å². The van der Waals surface area contributed by atoms with E-state index in [1.165, 1.54) is 0 Å². The Bertz CT molecular complexity index is 1310. The van der Waals surface area contributed by atoms with Crippen LogP contribution >= 0.6 is 0 Å². The fraction of sp³-hybridized carbons (Fsp3) is 0.360. The quantitative estimate of drug-likeness (QED) is 0.438. The van der Waals surface area contributed by atoms with Crippen molar-refractivity contribution in [1.29, 1.82) is 5.26 Å². The Kier molecular flexibility index (Phi) is 7.16. The highest BCUT2D eigenvalue weighted by Crippen LogP contribution is 2.27. The van der Waals surface area contributed by atoms with Crippen LogP contribution in [0.4, 0.5) is 27.7 Å². The number of β-amino-alcohol motifs (C(OH)–C–C–N with tert-alkyl or cyclic N) is 1. The van der Waals surface area contributed by atoms with Crippen LogP contribution in [0.2, 0.25) is 0 Å². The predicted molar refractivity (Wildman–Crippen MR) is 135 cm³/mol. The molecule has 0 spiro atoms. The molecule has 2 fully saturated rings. The van der Waals surface area contributed by atoms with Crippen LogP contribution in [0, 0.1) is 11.3 Å². The highest BCUT2D eigenvalue weighted by atomic mass is 19.1. The summed E-state index contributed by atoms with van der Waals surface area (Å²) in [6.07, 6.45) is 4.60. The van der Waals surface area contributed by atoms with Crippen LogP contribution in [0.5, 0.6) is 0 Å². The number of rotatable bonds is 7. The Morgan fingerprint density at radius 2 is 2.05 bits per heavy atom. The zero-order chi connectivity index (χ0) is 25.8. The average molecular weight is 504 g/mol. The normalized spacial score (nSPS) is 19.5. The zero-order valence-electron chi connectivity index (χ0n) is 20.0. The number of hydrogen-bond acceptors (Lipinski definition) is 10. The van der Waals surface area contributed by atoms with Crippen molar-refractivity contribution >= 4 is 29.2 Å². The molecule has 0 aromatic carbocycles. The summed E-state index contributed by atoms with van der Waals surface area (Å²) in [4.78, 5) is 33.4. The molecule has 11 nitrogen and oxygen atoms in total. The second-order valence-corrected chi connectivity index (χ2v) is 9.09. The Morgan fingerprint density at radius 1 is 1.16 bits per heavy atom. The number of pyridine rings is 2. The summed E-state index contributed by atoms with van der Waals surface area (Å²) in [6, 6.07) is 8.98. The van der Waals surface area contributed by atoms with Crippen molar-refractivity contribution in [3.63, 3.8) is 0 Å². The molecule has 2 unspecified atom stereocenters. The lowest BCUT2D eigenvalue weighted by Crippen LogP contribution is -2.32. The van der Waals surface area contributed by atoms with E-state index in [9.17, 15) is 19.6 Å². The first-order valence-corrected chi connectivity index (χ1v) is 12.0. The molecule has 2 aliphatic rings. The number of halogens is 1. The highest BCUT2D eigenvalue weighted by molar-refractivity contribution is 5.91. The van der Waals surface area contributed by atoms with Crippen molar-refractivity contribution in [1.82, 2.24) is 24.8 Å². The maximum absolute atomic E-state index is 13.6. The number of carbonyl (C=O) groups is 1. The minimum absolute atomic E-state index is 0.191. The third-order valence-electron chi connectivity index (χ3n) is 6.27. The lowest BCUT2D eigenvalue weighted by Gasteiger charge is -2.18. The third-order valence-corrected chi connectivity index (χ3v) is 6.27. The maximum atomic E-state index is 13.6. The van der Waals surface area contributed by atoms with Gasteiger partial charge in [-0.1, -0.05) is 0 Å². The summed E-state index contributed by atoms with van der Waals surface area (Å²) in [5.74, 6) is 1.03. The molecule has 37 heavy (non-hydrogen) atoms. The number of likely N-dealkylation sites (tertiary alicyclic amines) is 1. The van der Waals surface area contributed by atoms with Gasteiger partial charge in [0.2, 0.25) is 11.9 Å². The zero-order valence-corrected chi connectivity index (χ0v) is 20.0. The maximum Gasteiger partial charge on any atom is 0.239 e. The Labute approximate surface area is 213 Å². The molecular formula is C25H26FN9O2. The van der Waals surface area contributed by atoms with Crippen LogP contribution in [0.3, 0.4) is 0 Å². The smallest absolute Gasteiger partial charge is 0.239 e. The third kappa shape index (κ3) is 5.96. The van der Waals surface area contributed by atoms with E-state index in [2.05, 4.69) is 36.6 Å². The van der Waals surface area contributed by atoms with E-state index in [0.29, 0.717) is 72.6 Å². The van der Waals surface area contributed by atoms with E-state index in [0.717, 1.165) is 0 Å². The molecule has 12 heteroatoms. The van der Waals surface area contributed by atoms with Gasteiger partial charge in [-0.15, -0.1) is 0 Å². The van der Waals surface area contributed by atoms with E-state index in [1.54, 1.807) is 47.8 Å². The van der Waals surface area contributed by atoms with Gasteiger partial charge in [-0.05, 0) is 37.1 Å². The summed E-state index contributed by atoms with van der Waals surface area (Å²) in [6.45, 7) is 2.17. The molecule has 1 amide bonds. The molecule has 5 heterocycles. The van der Waals surface area contributed by atoms with Gasteiger partial charge in [-0.3, -0.25) is 9.69 Å². The van der Waals surface area contributed by atoms with Crippen LogP contribution in [-0.4, -0.2) is 80.8 Å². The predicted octanol–water partition coefficient (Wildman–Crippen LogP) is 2.10. The van der Waals surface area contributed by atoms with E-state index in [4.69, 9.17) is 0 Å². The molecule has 0 saturated carbocycles. The van der Waals surface area contributed by atoms with Gasteiger partial charge >= 0.3 is 0 Å². The van der Waals surface area contributed by atoms with Crippen LogP contribution in [-0.2, 0) is 4.79 Å². The van der Waals surface area contributed by atoms with Crippen molar-refractivity contribution in [2.45, 2.75) is 25.1 Å². The Morgan fingerprint density at radius 3 is 2.76 bits per heavy atom. The topological polar surface area (TPSA) is 143 Å². The van der Waals surface area contributed by atoms with Crippen molar-refractivity contribution in [3.05, 3.63) is 48.4 Å². The number of amides is 1. The van der Waals surface area contributed by atoms with Gasteiger partial charge in [-0.25, -0.2) is 24.3 Å². The molecule has 3 aromatic heterocycles. The van der Waals surface area contributed by atoms with Gasteiger partial charge in [0, 0.05) is 37.6 Å². The van der Waals surface area contributed by atoms with Gasteiger partial charge in [0.25, 0.3) is 0 Å². The Balaban J connectivity index is 1.23. The van der Waals surface area contributed by atoms with Gasteiger partial charge in [-0.2, -0.15) is 5.26 Å². The molecule has 190 valence electrons. The second-order valence-electron chi connectivity index (χ2n) is 9.09. The van der Waals surface area contributed by atoms with E-state index in [-0.39, 0.29) is 25.1 Å². The summed E-state index contributed by atoms with van der Waals surface area (Å²) in [7, 11) is 0. The van der Waals surface area contributed by atoms with Crippen LogP contribution in [0.15, 0.2) is 42.9 Å². The molecule has 3 N–H and O–H groups in total. The number of aliphatic hydroxyl groups is 1. The molecular weight excluding hydrogens is 477 g/mol. The van der Waals surface area contributed by atoms with Gasteiger partial charge in [0.15, 0.2) is 0 Å². The summed E-state index contributed by atoms with van der Waals surface area (Å²) < 4.78 is 13.6. The summed E-state index contributed by atoms with van der Waals surface area (Å²) >= 11 is 0. The molecule has 0 radical (unpaired) electrons. The van der Waals surface area contributed by atoms with Gasteiger partial charge < -0.3 is 20.6 Å². The number of hydrogen-bond donors (Lipinski definition) is 3. The molecule has 2 aliphatic heterocycles. The number of carbonyl (C=O) groups excluding carboxylic acids is 1. The number of nitrogens with zero attached hydrogens (tertiary/aromatic N) is 7. The monoisotopic (exact) mass is 503 g/mol. The molecule has 5 rings (SSSR count). The van der Waals surface area contributed by atoms with Crippen LogP contribution in [0.1, 0.15) is 18.4 Å². The van der Waals surface area contributed by atoms with Gasteiger partial charge in [0.05, 0.1) is 42.3 Å². The van der Waals surface area contributed by atoms with Crippen LogP contribution < -0.4 is 15.5 Å². The number of alkyl halides is 1. The number of nitriles is 1. The first-order chi connectivity index (χ1) is 18.0. The molecule has 0 bridgehead atoms. The number of nitrogens with one attached hydrogen (secondary N) is 2. The first kappa shape index (κ1) is 24.5. The minimum Gasteiger partial charge on any atom is -0.392 e. The molecule has 2 saturated heterocycles. The molecule has 2 atom stereocenters. The lowest BCUT2D eigenvalue weighted by molar-refractivity contribution is -0.117. The number of aromatic nitrogens is 4. The van der Waals surface area contributed by atoms with E-state index < -0.39 is 6.17 Å². The standard InChI is InChI=1S/C25H26FN9O2/c26-18-4-8-35(13-18)24-16(10-27)9-17(11-30-24)21-3-6-28-25(32-21)31-19-1-2-22(29-12-19)33-23(37)15-34-7-5-20(36)14-34/h1-3,6,9,11-12,18,20,36H,4-5,7-8,13-15H2,(H,28,31,32)(H,29,33,37). The van der Waals surface area contributed by atoms with Crippen molar-refractivity contribution in [2.24, 2.45) is 0 Å². The van der Waals surface area contributed by atoms with E-state index in [1.807, 2.05) is 4.90 Å². The van der Waals surface area contributed by atoms with Crippen molar-refractivity contribution in [3.8, 4) is 17.3 Å². The largest absolute Gasteiger partial charge is 0.392 e. The van der Waals surface area contributed by atoms with Crippen LogP contribution in [0.25, 0.3) is 11.3 Å². The lowest BCUT2D eigenvalue weighted by atomic mass is 10.1. The highest BCUT2D eigenvalue weighted by Gasteiger charge is 2.25. The SMILES string of the molecule is N#Cc1cc(-c2ccnc(Nc3ccc(NC(=O)CN4CCC(O)C4)nc3)n2)cnc1N1CCC(F)C1. The summed E-state index contributed by atoms with van der Waals surface area (Å²) in [5.41, 5.74) is 2.20. The molecule has 0 aliphatic carbocycles. The van der Waals surface area contributed by atoms with E-state index >= 15 is 0 Å². The minimum atomic E-state index is -0.909. The fourth-order valence-corrected chi connectivity index (χ4v) is 4.43. The Hall–Kier alpha value is -4.21. The fourth-order valence-electron chi connectivity index (χ4n) is 4.43. The average Bonchev–Trinajstić information content (AvgIpc) is 3.52. The first-order valence-electron chi connectivity index (χ1n) is 12.0. The van der Waals surface area contributed by atoms with Gasteiger partial charge in [0.1, 0.15) is 23.9 Å². The van der Waals surface area contributed by atoms with Crippen molar-refractivity contribution in [2.75, 3.05) is 48.3 Å². The number of anilines is 4. The summed E-state index contributed by atoms with van der Waals surface area (Å²) in [5, 5.41) is 25.0.